The van der Waals surface area contributed by atoms with Gasteiger partial charge in [-0.1, -0.05) is 49.2 Å². The van der Waals surface area contributed by atoms with Gasteiger partial charge in [-0.15, -0.1) is 5.10 Å². The van der Waals surface area contributed by atoms with E-state index in [1.165, 1.54) is 11.8 Å². The van der Waals surface area contributed by atoms with Crippen LogP contribution in [0, 0.1) is 11.3 Å². The molecule has 0 unspecified atom stereocenters. The van der Waals surface area contributed by atoms with Crippen LogP contribution < -0.4 is 5.32 Å². The molecule has 146 valence electrons. The summed E-state index contributed by atoms with van der Waals surface area (Å²) in [7, 11) is 0. The zero-order chi connectivity index (χ0) is 19.6. The summed E-state index contributed by atoms with van der Waals surface area (Å²) < 4.78 is 1.91. The number of nitrogens with zero attached hydrogens (tertiary/aromatic N) is 4. The first-order valence-electron chi connectivity index (χ1n) is 10.0. The number of amides is 1. The van der Waals surface area contributed by atoms with Crippen LogP contribution in [0.2, 0.25) is 0 Å². The molecule has 2 fully saturated rings. The molecular formula is C21H25N5OS. The molecule has 0 bridgehead atoms. The predicted octanol–water partition coefficient (Wildman–Crippen LogP) is 3.97. The van der Waals surface area contributed by atoms with Gasteiger partial charge in [-0.3, -0.25) is 4.79 Å². The van der Waals surface area contributed by atoms with Gasteiger partial charge in [0, 0.05) is 5.92 Å². The fraction of sp³-hybridized carbons (Fsp3) is 0.524. The van der Waals surface area contributed by atoms with E-state index < -0.39 is 5.54 Å². The summed E-state index contributed by atoms with van der Waals surface area (Å²) in [5.41, 5.74) is 0.284. The van der Waals surface area contributed by atoms with Crippen molar-refractivity contribution in [1.29, 1.82) is 5.26 Å². The van der Waals surface area contributed by atoms with Crippen LogP contribution in [0.15, 0.2) is 35.5 Å². The number of carbonyl (C=O) groups is 1. The Balaban J connectivity index is 1.48. The van der Waals surface area contributed by atoms with Crippen molar-refractivity contribution < 1.29 is 4.79 Å². The van der Waals surface area contributed by atoms with E-state index in [1.807, 2.05) is 41.9 Å². The summed E-state index contributed by atoms with van der Waals surface area (Å²) in [4.78, 5) is 17.5. The van der Waals surface area contributed by atoms with E-state index in [1.54, 1.807) is 0 Å². The molecule has 1 N–H and O–H groups in total. The smallest absolute Gasteiger partial charge is 0.234 e. The summed E-state index contributed by atoms with van der Waals surface area (Å²) in [5.74, 6) is 1.31. The Morgan fingerprint density at radius 2 is 2.00 bits per heavy atom. The van der Waals surface area contributed by atoms with Gasteiger partial charge < -0.3 is 5.32 Å². The van der Waals surface area contributed by atoms with E-state index in [9.17, 15) is 10.1 Å². The van der Waals surface area contributed by atoms with Crippen molar-refractivity contribution in [2.45, 2.75) is 73.7 Å². The van der Waals surface area contributed by atoms with Crippen molar-refractivity contribution in [2.24, 2.45) is 0 Å². The third-order valence-corrected chi connectivity index (χ3v) is 6.44. The number of carbonyl (C=O) groups excluding carboxylic acids is 1. The number of rotatable bonds is 6. The molecule has 1 aromatic carbocycles. The Bertz CT molecular complexity index is 878. The first-order valence-corrected chi connectivity index (χ1v) is 10.9. The summed E-state index contributed by atoms with van der Waals surface area (Å²) in [6.07, 6.45) is 6.85. The van der Waals surface area contributed by atoms with Crippen LogP contribution in [0.3, 0.4) is 0 Å². The number of hydrogen-bond donors (Lipinski definition) is 1. The Hall–Kier alpha value is -2.33. The average Bonchev–Trinajstić information content (AvgIpc) is 3.49. The van der Waals surface area contributed by atoms with Crippen molar-refractivity contribution in [3.05, 3.63) is 36.2 Å². The summed E-state index contributed by atoms with van der Waals surface area (Å²) in [6.45, 7) is 1.86. The normalized spacial score (nSPS) is 19.6. The van der Waals surface area contributed by atoms with Gasteiger partial charge in [0.25, 0.3) is 0 Å². The Morgan fingerprint density at radius 1 is 1.29 bits per heavy atom. The van der Waals surface area contributed by atoms with E-state index in [-0.39, 0.29) is 11.2 Å². The van der Waals surface area contributed by atoms with Crippen LogP contribution in [0.25, 0.3) is 5.69 Å². The molecule has 1 aromatic heterocycles. The number of nitriles is 1. The van der Waals surface area contributed by atoms with Crippen molar-refractivity contribution in [3.8, 4) is 11.8 Å². The van der Waals surface area contributed by atoms with Crippen LogP contribution in [0.4, 0.5) is 0 Å². The van der Waals surface area contributed by atoms with Gasteiger partial charge >= 0.3 is 0 Å². The third-order valence-electron chi connectivity index (χ3n) is 5.49. The molecule has 0 saturated heterocycles. The molecule has 2 aliphatic carbocycles. The number of nitrogens with one attached hydrogen (secondary N) is 1. The number of aromatic nitrogens is 3. The second-order valence-electron chi connectivity index (χ2n) is 7.78. The molecule has 2 aromatic rings. The van der Waals surface area contributed by atoms with Crippen molar-refractivity contribution in [2.75, 3.05) is 0 Å². The predicted molar refractivity (Wildman–Crippen MR) is 108 cm³/mol. The highest BCUT2D eigenvalue weighted by Crippen LogP contribution is 2.40. The Kier molecular flexibility index (Phi) is 5.40. The van der Waals surface area contributed by atoms with E-state index in [0.717, 1.165) is 56.5 Å². The lowest BCUT2D eigenvalue weighted by Gasteiger charge is -2.32. The molecule has 0 radical (unpaired) electrons. The second-order valence-corrected chi connectivity index (χ2v) is 9.09. The largest absolute Gasteiger partial charge is 0.337 e. The summed E-state index contributed by atoms with van der Waals surface area (Å²) >= 11 is 1.36. The number of hydrogen-bond acceptors (Lipinski definition) is 5. The topological polar surface area (TPSA) is 83.6 Å². The van der Waals surface area contributed by atoms with E-state index >= 15 is 0 Å². The monoisotopic (exact) mass is 395 g/mol. The van der Waals surface area contributed by atoms with Crippen molar-refractivity contribution in [3.63, 3.8) is 0 Å². The SMILES string of the molecule is C[C@H](Sc1nc(C2CC2)n(-c2ccccc2)n1)C(=O)NC1(C#N)CCCCC1. The molecule has 28 heavy (non-hydrogen) atoms. The molecule has 1 atom stereocenters. The van der Waals surface area contributed by atoms with Gasteiger partial charge in [-0.2, -0.15) is 5.26 Å². The number of benzene rings is 1. The lowest BCUT2D eigenvalue weighted by atomic mass is 9.83. The number of para-hydroxylation sites is 1. The fourth-order valence-corrected chi connectivity index (χ4v) is 4.45. The molecule has 0 spiro atoms. The highest BCUT2D eigenvalue weighted by molar-refractivity contribution is 8.00. The van der Waals surface area contributed by atoms with E-state index in [4.69, 9.17) is 4.98 Å². The van der Waals surface area contributed by atoms with Gasteiger partial charge in [0.05, 0.1) is 17.0 Å². The molecule has 4 rings (SSSR count). The summed E-state index contributed by atoms with van der Waals surface area (Å²) in [6, 6.07) is 12.3. The number of thioether (sulfide) groups is 1. The Morgan fingerprint density at radius 3 is 2.64 bits per heavy atom. The minimum Gasteiger partial charge on any atom is -0.337 e. The fourth-order valence-electron chi connectivity index (χ4n) is 3.69. The Labute approximate surface area is 169 Å². The average molecular weight is 396 g/mol. The molecule has 2 saturated carbocycles. The molecule has 1 heterocycles. The molecule has 7 heteroatoms. The molecule has 1 amide bonds. The van der Waals surface area contributed by atoms with E-state index in [0.29, 0.717) is 11.1 Å². The highest BCUT2D eigenvalue weighted by atomic mass is 32.2. The van der Waals surface area contributed by atoms with Gasteiger partial charge in [0.1, 0.15) is 11.4 Å². The molecule has 2 aliphatic rings. The lowest BCUT2D eigenvalue weighted by molar-refractivity contribution is -0.121. The van der Waals surface area contributed by atoms with E-state index in [2.05, 4.69) is 16.5 Å². The zero-order valence-corrected chi connectivity index (χ0v) is 16.9. The molecule has 0 aliphatic heterocycles. The standard InChI is InChI=1S/C21H25N5OS/c1-15(19(27)24-21(14-22)12-6-3-7-13-21)28-20-23-18(16-10-11-16)26(25-20)17-8-4-2-5-9-17/h2,4-5,8-9,15-16H,3,6-7,10-13H2,1H3,(H,24,27)/t15-/m0/s1. The molecule has 6 nitrogen and oxygen atoms in total. The van der Waals surface area contributed by atoms with Gasteiger partial charge in [0.2, 0.25) is 11.1 Å². The van der Waals surface area contributed by atoms with Crippen LogP contribution in [0.1, 0.15) is 63.6 Å². The van der Waals surface area contributed by atoms with Crippen LogP contribution >= 0.6 is 11.8 Å². The maximum atomic E-state index is 12.7. The maximum absolute atomic E-state index is 12.7. The second kappa shape index (κ2) is 7.96. The van der Waals surface area contributed by atoms with Crippen LogP contribution in [-0.4, -0.2) is 31.5 Å². The zero-order valence-electron chi connectivity index (χ0n) is 16.1. The maximum Gasteiger partial charge on any atom is 0.234 e. The quantitative estimate of drug-likeness (QED) is 0.748. The first-order chi connectivity index (χ1) is 13.6. The van der Waals surface area contributed by atoms with Crippen molar-refractivity contribution in [1.82, 2.24) is 20.1 Å². The van der Waals surface area contributed by atoms with Gasteiger partial charge in [-0.05, 0) is 44.7 Å². The third kappa shape index (κ3) is 4.07. The first kappa shape index (κ1) is 19.0. The summed E-state index contributed by atoms with van der Waals surface area (Å²) in [5, 5.41) is 17.5. The minimum atomic E-state index is -0.708. The van der Waals surface area contributed by atoms with Gasteiger partial charge in [0.15, 0.2) is 0 Å². The van der Waals surface area contributed by atoms with Crippen LogP contribution in [0.5, 0.6) is 0 Å². The van der Waals surface area contributed by atoms with Crippen molar-refractivity contribution >= 4 is 17.7 Å². The van der Waals surface area contributed by atoms with Crippen LogP contribution in [-0.2, 0) is 4.79 Å². The lowest BCUT2D eigenvalue weighted by Crippen LogP contribution is -2.50. The highest BCUT2D eigenvalue weighted by Gasteiger charge is 2.35. The minimum absolute atomic E-state index is 0.113. The molecular weight excluding hydrogens is 370 g/mol. The van der Waals surface area contributed by atoms with Gasteiger partial charge in [-0.25, -0.2) is 9.67 Å².